The van der Waals surface area contributed by atoms with Gasteiger partial charge in [-0.1, -0.05) is 12.1 Å². The van der Waals surface area contributed by atoms with Gasteiger partial charge < -0.3 is 10.1 Å². The van der Waals surface area contributed by atoms with E-state index < -0.39 is 12.1 Å². The summed E-state index contributed by atoms with van der Waals surface area (Å²) in [5.41, 5.74) is 3.31. The highest BCUT2D eigenvalue weighted by molar-refractivity contribution is 7.13. The number of aryl methyl sites for hydroxylation is 2. The van der Waals surface area contributed by atoms with Gasteiger partial charge in [0.05, 0.1) is 4.88 Å². The normalized spacial score (nSPS) is 13.8. The van der Waals surface area contributed by atoms with Crippen LogP contribution < -0.4 is 5.32 Å². The van der Waals surface area contributed by atoms with Crippen molar-refractivity contribution in [3.8, 4) is 10.7 Å². The first-order valence-electron chi connectivity index (χ1n) is 9.02. The van der Waals surface area contributed by atoms with Gasteiger partial charge in [0, 0.05) is 5.69 Å². The van der Waals surface area contributed by atoms with E-state index in [1.54, 1.807) is 0 Å². The maximum absolute atomic E-state index is 12.3. The molecule has 4 rings (SSSR count). The molecule has 2 heterocycles. The van der Waals surface area contributed by atoms with Gasteiger partial charge in [0.15, 0.2) is 12.6 Å². The molecular formula is C19H19N5O3S. The number of fused-ring (bicyclic) bond motifs is 1. The van der Waals surface area contributed by atoms with Gasteiger partial charge in [-0.15, -0.1) is 21.5 Å². The van der Waals surface area contributed by atoms with Gasteiger partial charge >= 0.3 is 5.97 Å². The molecule has 0 saturated heterocycles. The van der Waals surface area contributed by atoms with Crippen LogP contribution in [0.3, 0.4) is 0 Å². The van der Waals surface area contributed by atoms with Gasteiger partial charge in [-0.25, -0.2) is 4.79 Å². The van der Waals surface area contributed by atoms with E-state index >= 15 is 0 Å². The molecule has 1 N–H and O–H groups in total. The zero-order valence-corrected chi connectivity index (χ0v) is 16.1. The number of nitrogens with zero attached hydrogens (tertiary/aromatic N) is 4. The first-order chi connectivity index (χ1) is 13.6. The van der Waals surface area contributed by atoms with Crippen molar-refractivity contribution in [2.24, 2.45) is 0 Å². The molecule has 1 atom stereocenters. The van der Waals surface area contributed by atoms with Gasteiger partial charge in [0.1, 0.15) is 0 Å². The highest BCUT2D eigenvalue weighted by atomic mass is 32.1. The Kier molecular flexibility index (Phi) is 5.16. The molecule has 0 bridgehead atoms. The lowest BCUT2D eigenvalue weighted by Crippen LogP contribution is -2.31. The molecule has 0 fully saturated rings. The molecule has 0 saturated carbocycles. The van der Waals surface area contributed by atoms with Crippen molar-refractivity contribution in [1.29, 1.82) is 0 Å². The third-order valence-electron chi connectivity index (χ3n) is 4.51. The van der Waals surface area contributed by atoms with Crippen LogP contribution >= 0.6 is 11.3 Å². The summed E-state index contributed by atoms with van der Waals surface area (Å²) < 4.78 is 5.20. The van der Waals surface area contributed by atoms with Crippen LogP contribution in [0.5, 0.6) is 0 Å². The number of nitrogens with one attached hydrogen (secondary N) is 1. The van der Waals surface area contributed by atoms with Crippen molar-refractivity contribution in [1.82, 2.24) is 20.2 Å². The summed E-state index contributed by atoms with van der Waals surface area (Å²) in [6.07, 6.45) is 2.33. The van der Waals surface area contributed by atoms with Gasteiger partial charge in [-0.2, -0.15) is 4.80 Å². The maximum atomic E-state index is 12.3. The van der Waals surface area contributed by atoms with E-state index in [4.69, 9.17) is 4.74 Å². The van der Waals surface area contributed by atoms with E-state index in [0.29, 0.717) is 11.5 Å². The molecule has 0 aliphatic heterocycles. The summed E-state index contributed by atoms with van der Waals surface area (Å²) in [6.45, 7) is 1.32. The zero-order valence-electron chi connectivity index (χ0n) is 15.3. The van der Waals surface area contributed by atoms with E-state index in [1.807, 2.05) is 35.7 Å². The van der Waals surface area contributed by atoms with E-state index in [0.717, 1.165) is 28.9 Å². The topological polar surface area (TPSA) is 99.0 Å². The van der Waals surface area contributed by atoms with E-state index in [2.05, 4.69) is 20.7 Å². The van der Waals surface area contributed by atoms with E-state index in [9.17, 15) is 9.59 Å². The predicted octanol–water partition coefficient (Wildman–Crippen LogP) is 2.46. The summed E-state index contributed by atoms with van der Waals surface area (Å²) in [7, 11) is 0. The van der Waals surface area contributed by atoms with Crippen molar-refractivity contribution in [2.75, 3.05) is 5.32 Å². The molecular weight excluding hydrogens is 378 g/mol. The molecule has 1 amide bonds. The van der Waals surface area contributed by atoms with E-state index in [-0.39, 0.29) is 12.5 Å². The molecule has 0 unspecified atom stereocenters. The predicted molar refractivity (Wildman–Crippen MR) is 104 cm³/mol. The molecule has 144 valence electrons. The summed E-state index contributed by atoms with van der Waals surface area (Å²) in [4.78, 5) is 26.4. The quantitative estimate of drug-likeness (QED) is 0.642. The number of rotatable bonds is 6. The first-order valence-corrected chi connectivity index (χ1v) is 9.90. The van der Waals surface area contributed by atoms with Crippen LogP contribution in [0.2, 0.25) is 0 Å². The van der Waals surface area contributed by atoms with Crippen LogP contribution in [0, 0.1) is 0 Å². The molecule has 3 aromatic rings. The fourth-order valence-corrected chi connectivity index (χ4v) is 3.76. The second-order valence-corrected chi connectivity index (χ2v) is 7.53. The van der Waals surface area contributed by atoms with Crippen molar-refractivity contribution >= 4 is 28.9 Å². The highest BCUT2D eigenvalue weighted by Gasteiger charge is 2.20. The second-order valence-electron chi connectivity index (χ2n) is 6.58. The van der Waals surface area contributed by atoms with Crippen LogP contribution in [0.25, 0.3) is 10.7 Å². The lowest BCUT2D eigenvalue weighted by Gasteiger charge is -2.14. The van der Waals surface area contributed by atoms with Gasteiger partial charge in [-0.05, 0) is 66.1 Å². The molecule has 0 radical (unpaired) electrons. The second kappa shape index (κ2) is 7.89. The van der Waals surface area contributed by atoms with Crippen LogP contribution in [-0.2, 0) is 33.7 Å². The van der Waals surface area contributed by atoms with Crippen LogP contribution in [0.15, 0.2) is 35.7 Å². The van der Waals surface area contributed by atoms with Crippen molar-refractivity contribution < 1.29 is 14.3 Å². The highest BCUT2D eigenvalue weighted by Crippen LogP contribution is 2.25. The summed E-state index contributed by atoms with van der Waals surface area (Å²) in [6, 6.07) is 9.66. The number of thiophene rings is 1. The standard InChI is InChI=1S/C19H19N5O3S/c1-12(19(26)20-15-8-7-13-4-2-5-14(13)10-15)27-17(25)11-24-22-18(21-23-24)16-6-3-9-28-16/h3,6-10,12H,2,4-5,11H2,1H3,(H,20,26)/t12-/m1/s1. The molecule has 1 aromatic carbocycles. The Balaban J connectivity index is 1.31. The lowest BCUT2D eigenvalue weighted by atomic mass is 10.1. The molecule has 8 nitrogen and oxygen atoms in total. The third kappa shape index (κ3) is 4.09. The SMILES string of the molecule is C[C@@H](OC(=O)Cn1nnc(-c2cccs2)n1)C(=O)Nc1ccc2c(c1)CCC2. The minimum atomic E-state index is -0.930. The molecule has 9 heteroatoms. The average molecular weight is 397 g/mol. The minimum Gasteiger partial charge on any atom is -0.451 e. The number of aromatic nitrogens is 4. The summed E-state index contributed by atoms with van der Waals surface area (Å²) in [5, 5.41) is 16.6. The number of tetrazole rings is 1. The number of amides is 1. The van der Waals surface area contributed by atoms with Crippen molar-refractivity contribution in [2.45, 2.75) is 38.8 Å². The van der Waals surface area contributed by atoms with E-state index in [1.165, 1.54) is 29.4 Å². The van der Waals surface area contributed by atoms with Crippen LogP contribution in [-0.4, -0.2) is 38.2 Å². The Morgan fingerprint density at radius 3 is 2.96 bits per heavy atom. The Bertz CT molecular complexity index is 999. The Morgan fingerprint density at radius 2 is 2.14 bits per heavy atom. The van der Waals surface area contributed by atoms with Gasteiger partial charge in [0.25, 0.3) is 5.91 Å². The molecule has 1 aliphatic rings. The Labute approximate surface area is 165 Å². The lowest BCUT2D eigenvalue weighted by molar-refractivity contribution is -0.154. The summed E-state index contributed by atoms with van der Waals surface area (Å²) >= 11 is 1.48. The number of carbonyl (C=O) groups is 2. The van der Waals surface area contributed by atoms with Crippen molar-refractivity contribution in [3.63, 3.8) is 0 Å². The molecule has 2 aromatic heterocycles. The number of carbonyl (C=O) groups excluding carboxylic acids is 2. The fraction of sp³-hybridized carbons (Fsp3) is 0.316. The number of esters is 1. The van der Waals surface area contributed by atoms with Gasteiger partial charge in [-0.3, -0.25) is 4.79 Å². The number of hydrogen-bond donors (Lipinski definition) is 1. The number of benzene rings is 1. The fourth-order valence-electron chi connectivity index (χ4n) is 3.11. The smallest absolute Gasteiger partial charge is 0.330 e. The average Bonchev–Trinajstić information content (AvgIpc) is 3.42. The number of ether oxygens (including phenoxy) is 1. The Hall–Kier alpha value is -3.07. The molecule has 0 spiro atoms. The van der Waals surface area contributed by atoms with Gasteiger partial charge in [0.2, 0.25) is 5.82 Å². The maximum Gasteiger partial charge on any atom is 0.330 e. The van der Waals surface area contributed by atoms with Crippen molar-refractivity contribution in [3.05, 3.63) is 46.8 Å². The largest absolute Gasteiger partial charge is 0.451 e. The number of anilines is 1. The van der Waals surface area contributed by atoms with Crippen LogP contribution in [0.4, 0.5) is 5.69 Å². The molecule has 1 aliphatic carbocycles. The number of hydrogen-bond acceptors (Lipinski definition) is 7. The monoisotopic (exact) mass is 397 g/mol. The van der Waals surface area contributed by atoms with Crippen LogP contribution in [0.1, 0.15) is 24.5 Å². The zero-order chi connectivity index (χ0) is 19.5. The third-order valence-corrected chi connectivity index (χ3v) is 5.37. The minimum absolute atomic E-state index is 0.213. The first kappa shape index (κ1) is 18.3. The summed E-state index contributed by atoms with van der Waals surface area (Å²) in [5.74, 6) is -0.533. The molecule has 28 heavy (non-hydrogen) atoms. The Morgan fingerprint density at radius 1 is 1.29 bits per heavy atom.